The van der Waals surface area contributed by atoms with Crippen LogP contribution in [0.25, 0.3) is 10.6 Å². The van der Waals surface area contributed by atoms with Crippen LogP contribution in [0.4, 0.5) is 0 Å². The number of sulfonamides is 1. The number of rotatable bonds is 5. The van der Waals surface area contributed by atoms with Crippen molar-refractivity contribution >= 4 is 32.7 Å². The Labute approximate surface area is 160 Å². The molecule has 0 N–H and O–H groups in total. The fraction of sp³-hybridized carbons (Fsp3) is 0.278. The van der Waals surface area contributed by atoms with E-state index in [0.29, 0.717) is 30.3 Å². The maximum Gasteiger partial charge on any atom is 0.252 e. The highest BCUT2D eigenvalue weighted by Gasteiger charge is 2.31. The molecule has 0 aliphatic carbocycles. The minimum absolute atomic E-state index is 0.393. The number of thiophene rings is 1. The van der Waals surface area contributed by atoms with E-state index in [9.17, 15) is 8.42 Å². The normalized spacial score (nSPS) is 15.0. The Morgan fingerprint density at radius 1 is 1.23 bits per heavy atom. The van der Waals surface area contributed by atoms with E-state index in [2.05, 4.69) is 0 Å². The second-order valence-corrected chi connectivity index (χ2v) is 10.1. The summed E-state index contributed by atoms with van der Waals surface area (Å²) in [7, 11) is -3.41. The lowest BCUT2D eigenvalue weighted by Gasteiger charge is -2.24. The zero-order valence-corrected chi connectivity index (χ0v) is 16.7. The average molecular weight is 407 g/mol. The Balaban J connectivity index is 1.57. The van der Waals surface area contributed by atoms with E-state index in [1.54, 1.807) is 33.2 Å². The van der Waals surface area contributed by atoms with Gasteiger partial charge in [-0.3, -0.25) is 0 Å². The van der Waals surface area contributed by atoms with Crippen molar-refractivity contribution in [2.45, 2.75) is 24.1 Å². The highest BCUT2D eigenvalue weighted by Crippen LogP contribution is 2.34. The first-order valence-electron chi connectivity index (χ1n) is 8.33. The van der Waals surface area contributed by atoms with Gasteiger partial charge in [0.05, 0.1) is 18.8 Å². The zero-order chi connectivity index (χ0) is 18.1. The lowest BCUT2D eigenvalue weighted by Crippen LogP contribution is -2.35. The standard InChI is InChI=1S/C18H18N2O3S3/c1-2-23-14-7-5-13(6-8-14)18-19-15-9-10-20(12-16(15)25-18)26(21,22)17-4-3-11-24-17/h3-8,11H,2,9-10,12H2,1H3. The van der Waals surface area contributed by atoms with Crippen LogP contribution in [0.2, 0.25) is 0 Å². The monoisotopic (exact) mass is 406 g/mol. The van der Waals surface area contributed by atoms with Gasteiger partial charge in [0.15, 0.2) is 0 Å². The molecule has 1 aliphatic rings. The number of benzene rings is 1. The molecule has 0 bridgehead atoms. The van der Waals surface area contributed by atoms with Gasteiger partial charge < -0.3 is 4.74 Å². The second-order valence-electron chi connectivity index (χ2n) is 5.87. The smallest absolute Gasteiger partial charge is 0.252 e. The molecule has 0 saturated heterocycles. The minimum atomic E-state index is -3.41. The summed E-state index contributed by atoms with van der Waals surface area (Å²) in [5.41, 5.74) is 2.04. The van der Waals surface area contributed by atoms with Gasteiger partial charge in [-0.25, -0.2) is 13.4 Å². The summed E-state index contributed by atoms with van der Waals surface area (Å²) in [6, 6.07) is 11.3. The van der Waals surface area contributed by atoms with Crippen molar-refractivity contribution in [1.29, 1.82) is 0 Å². The van der Waals surface area contributed by atoms with Gasteiger partial charge in [-0.05, 0) is 42.6 Å². The number of fused-ring (bicyclic) bond motifs is 1. The Morgan fingerprint density at radius 3 is 2.73 bits per heavy atom. The fourth-order valence-electron chi connectivity index (χ4n) is 2.90. The summed E-state index contributed by atoms with van der Waals surface area (Å²) < 4.78 is 32.9. The summed E-state index contributed by atoms with van der Waals surface area (Å²) in [5.74, 6) is 0.839. The maximum atomic E-state index is 12.7. The quantitative estimate of drug-likeness (QED) is 0.642. The van der Waals surface area contributed by atoms with Crippen molar-refractivity contribution in [2.24, 2.45) is 0 Å². The van der Waals surface area contributed by atoms with E-state index in [0.717, 1.165) is 26.9 Å². The first kappa shape index (κ1) is 17.7. The molecule has 0 fully saturated rings. The molecular weight excluding hydrogens is 388 g/mol. The van der Waals surface area contributed by atoms with E-state index in [1.807, 2.05) is 31.2 Å². The molecule has 26 heavy (non-hydrogen) atoms. The Hall–Kier alpha value is -1.74. The van der Waals surface area contributed by atoms with E-state index in [1.165, 1.54) is 11.3 Å². The van der Waals surface area contributed by atoms with Crippen LogP contribution >= 0.6 is 22.7 Å². The van der Waals surface area contributed by atoms with Gasteiger partial charge in [-0.15, -0.1) is 22.7 Å². The van der Waals surface area contributed by atoms with Crippen molar-refractivity contribution < 1.29 is 13.2 Å². The molecular formula is C18H18N2O3S3. The topological polar surface area (TPSA) is 59.5 Å². The molecule has 8 heteroatoms. The molecule has 0 amide bonds. The van der Waals surface area contributed by atoms with Crippen molar-refractivity contribution in [1.82, 2.24) is 9.29 Å². The number of aromatic nitrogens is 1. The van der Waals surface area contributed by atoms with Crippen LogP contribution < -0.4 is 4.74 Å². The molecule has 0 saturated carbocycles. The Bertz CT molecular complexity index is 993. The van der Waals surface area contributed by atoms with Gasteiger partial charge in [0, 0.05) is 23.4 Å². The van der Waals surface area contributed by atoms with Crippen LogP contribution in [0.5, 0.6) is 5.75 Å². The van der Waals surface area contributed by atoms with Gasteiger partial charge in [0.25, 0.3) is 10.0 Å². The number of ether oxygens (including phenoxy) is 1. The van der Waals surface area contributed by atoms with Crippen LogP contribution in [0, 0.1) is 0 Å². The average Bonchev–Trinajstić information content (AvgIpc) is 3.32. The fourth-order valence-corrected chi connectivity index (χ4v) is 6.66. The summed E-state index contributed by atoms with van der Waals surface area (Å²) in [5, 5.41) is 2.72. The van der Waals surface area contributed by atoms with E-state index < -0.39 is 10.0 Å². The molecule has 0 unspecified atom stereocenters. The van der Waals surface area contributed by atoms with Crippen LogP contribution in [-0.2, 0) is 23.0 Å². The van der Waals surface area contributed by atoms with Crippen molar-refractivity contribution in [3.63, 3.8) is 0 Å². The molecule has 136 valence electrons. The number of hydrogen-bond donors (Lipinski definition) is 0. The highest BCUT2D eigenvalue weighted by molar-refractivity contribution is 7.91. The van der Waals surface area contributed by atoms with Gasteiger partial charge in [-0.1, -0.05) is 6.07 Å². The summed E-state index contributed by atoms with van der Waals surface area (Å²) in [6.07, 6.45) is 0.646. The molecule has 1 aromatic carbocycles. The highest BCUT2D eigenvalue weighted by atomic mass is 32.2. The summed E-state index contributed by atoms with van der Waals surface area (Å²) in [4.78, 5) is 5.76. The molecule has 3 aromatic rings. The summed E-state index contributed by atoms with van der Waals surface area (Å²) >= 11 is 2.83. The summed E-state index contributed by atoms with van der Waals surface area (Å²) in [6.45, 7) is 3.46. The van der Waals surface area contributed by atoms with Crippen LogP contribution in [0.15, 0.2) is 46.0 Å². The third kappa shape index (κ3) is 3.29. The SMILES string of the molecule is CCOc1ccc(-c2nc3c(s2)CN(S(=O)(=O)c2cccs2)CC3)cc1. The predicted octanol–water partition coefficient (Wildman–Crippen LogP) is 4.02. The van der Waals surface area contributed by atoms with Crippen LogP contribution in [-0.4, -0.2) is 30.9 Å². The number of thiazole rings is 1. The minimum Gasteiger partial charge on any atom is -0.494 e. The molecule has 0 atom stereocenters. The molecule has 0 radical (unpaired) electrons. The van der Waals surface area contributed by atoms with Gasteiger partial charge in [-0.2, -0.15) is 4.31 Å². The van der Waals surface area contributed by atoms with Gasteiger partial charge >= 0.3 is 0 Å². The molecule has 4 rings (SSSR count). The Kier molecular flexibility index (Phi) is 4.83. The third-order valence-corrected chi connectivity index (χ3v) is 8.55. The predicted molar refractivity (Wildman–Crippen MR) is 104 cm³/mol. The molecule has 2 aromatic heterocycles. The van der Waals surface area contributed by atoms with Crippen LogP contribution in [0.1, 0.15) is 17.5 Å². The van der Waals surface area contributed by atoms with E-state index in [4.69, 9.17) is 9.72 Å². The molecule has 5 nitrogen and oxygen atoms in total. The van der Waals surface area contributed by atoms with Crippen molar-refractivity contribution in [2.75, 3.05) is 13.2 Å². The van der Waals surface area contributed by atoms with Crippen molar-refractivity contribution in [3.8, 4) is 16.3 Å². The largest absolute Gasteiger partial charge is 0.494 e. The van der Waals surface area contributed by atoms with E-state index >= 15 is 0 Å². The Morgan fingerprint density at radius 2 is 2.04 bits per heavy atom. The zero-order valence-electron chi connectivity index (χ0n) is 14.2. The molecule has 0 spiro atoms. The lowest BCUT2D eigenvalue weighted by molar-refractivity contribution is 0.340. The maximum absolute atomic E-state index is 12.7. The van der Waals surface area contributed by atoms with E-state index in [-0.39, 0.29) is 0 Å². The lowest BCUT2D eigenvalue weighted by atomic mass is 10.2. The molecule has 1 aliphatic heterocycles. The third-order valence-electron chi connectivity index (χ3n) is 4.20. The van der Waals surface area contributed by atoms with Gasteiger partial charge in [0.1, 0.15) is 15.0 Å². The second kappa shape index (κ2) is 7.11. The first-order chi connectivity index (χ1) is 12.6. The van der Waals surface area contributed by atoms with Gasteiger partial charge in [0.2, 0.25) is 0 Å². The number of hydrogen-bond acceptors (Lipinski definition) is 6. The molecule has 3 heterocycles. The first-order valence-corrected chi connectivity index (χ1v) is 11.5. The number of nitrogens with zero attached hydrogens (tertiary/aromatic N) is 2. The van der Waals surface area contributed by atoms with Crippen LogP contribution in [0.3, 0.4) is 0 Å². The van der Waals surface area contributed by atoms with Crippen molar-refractivity contribution in [3.05, 3.63) is 52.3 Å².